The van der Waals surface area contributed by atoms with Gasteiger partial charge in [-0.25, -0.2) is 4.79 Å². The molecule has 1 saturated heterocycles. The van der Waals surface area contributed by atoms with Gasteiger partial charge in [-0.05, 0) is 54.8 Å². The molecule has 1 aliphatic rings. The number of carbonyl (C=O) groups is 1. The predicted molar refractivity (Wildman–Crippen MR) is 105 cm³/mol. The lowest BCUT2D eigenvalue weighted by atomic mass is 9.90. The molecule has 0 bridgehead atoms. The predicted octanol–water partition coefficient (Wildman–Crippen LogP) is 2.98. The first-order valence-electron chi connectivity index (χ1n) is 9.18. The number of aromatic amines is 1. The van der Waals surface area contributed by atoms with E-state index in [1.165, 1.54) is 5.56 Å². The molecule has 1 fully saturated rings. The zero-order valence-corrected chi connectivity index (χ0v) is 15.5. The van der Waals surface area contributed by atoms with Crippen molar-refractivity contribution in [3.8, 4) is 0 Å². The number of rotatable bonds is 2. The number of benzene rings is 1. The molecule has 7 nitrogen and oxygen atoms in total. The average Bonchev–Trinajstić information content (AvgIpc) is 3.11. The van der Waals surface area contributed by atoms with Crippen LogP contribution in [0.5, 0.6) is 0 Å². The first-order valence-corrected chi connectivity index (χ1v) is 9.18. The van der Waals surface area contributed by atoms with Crippen LogP contribution >= 0.6 is 0 Å². The van der Waals surface area contributed by atoms with Crippen LogP contribution in [-0.2, 0) is 7.05 Å². The van der Waals surface area contributed by atoms with Crippen molar-refractivity contribution in [3.63, 3.8) is 0 Å². The molecule has 2 amide bonds. The largest absolute Gasteiger partial charge is 0.324 e. The molecule has 1 aliphatic heterocycles. The SMILES string of the molecule is Cc1[nH]ncc1C1CCN(C(=O)Nc2ccc3ccc(=O)n(C)c3c2)CC1. The van der Waals surface area contributed by atoms with Crippen molar-refractivity contribution in [2.24, 2.45) is 7.05 Å². The van der Waals surface area contributed by atoms with E-state index in [2.05, 4.69) is 15.5 Å². The van der Waals surface area contributed by atoms with Crippen molar-refractivity contribution in [3.05, 3.63) is 58.1 Å². The molecule has 4 rings (SSSR count). The summed E-state index contributed by atoms with van der Waals surface area (Å²) in [6.07, 6.45) is 3.76. The van der Waals surface area contributed by atoms with E-state index >= 15 is 0 Å². The zero-order valence-electron chi connectivity index (χ0n) is 15.5. The summed E-state index contributed by atoms with van der Waals surface area (Å²) in [5.74, 6) is 0.447. The zero-order chi connectivity index (χ0) is 19.0. The van der Waals surface area contributed by atoms with Crippen LogP contribution in [0.25, 0.3) is 10.9 Å². The molecule has 3 heterocycles. The number of likely N-dealkylation sites (tertiary alicyclic amines) is 1. The van der Waals surface area contributed by atoms with Gasteiger partial charge < -0.3 is 14.8 Å². The van der Waals surface area contributed by atoms with Gasteiger partial charge in [0.05, 0.1) is 11.7 Å². The first-order chi connectivity index (χ1) is 13.0. The standard InChI is InChI=1S/C20H23N5O2/c1-13-17(12-21-23-13)14-7-9-25(10-8-14)20(27)22-16-5-3-15-4-6-19(26)24(2)18(15)11-16/h3-6,11-12,14H,7-10H2,1-2H3,(H,21,23)(H,22,27). The summed E-state index contributed by atoms with van der Waals surface area (Å²) < 4.78 is 1.59. The van der Waals surface area contributed by atoms with Gasteiger partial charge in [-0.1, -0.05) is 6.07 Å². The third kappa shape index (κ3) is 3.32. The lowest BCUT2D eigenvalue weighted by molar-refractivity contribution is 0.194. The molecule has 3 aromatic rings. The summed E-state index contributed by atoms with van der Waals surface area (Å²) in [7, 11) is 1.74. The van der Waals surface area contributed by atoms with Gasteiger partial charge in [0.1, 0.15) is 0 Å². The van der Waals surface area contributed by atoms with E-state index in [0.29, 0.717) is 24.7 Å². The lowest BCUT2D eigenvalue weighted by Gasteiger charge is -2.32. The van der Waals surface area contributed by atoms with E-state index in [4.69, 9.17) is 0 Å². The molecule has 2 N–H and O–H groups in total. The summed E-state index contributed by atoms with van der Waals surface area (Å²) in [6.45, 7) is 3.47. The number of anilines is 1. The molecular weight excluding hydrogens is 342 g/mol. The molecule has 0 radical (unpaired) electrons. The van der Waals surface area contributed by atoms with E-state index in [0.717, 1.165) is 29.4 Å². The topological polar surface area (TPSA) is 83.0 Å². The number of amides is 2. The number of H-pyrrole nitrogens is 1. The number of hydrogen-bond acceptors (Lipinski definition) is 3. The molecule has 0 spiro atoms. The Morgan fingerprint density at radius 1 is 1.22 bits per heavy atom. The van der Waals surface area contributed by atoms with Crippen LogP contribution in [0, 0.1) is 6.92 Å². The second-order valence-electron chi connectivity index (χ2n) is 7.15. The molecule has 27 heavy (non-hydrogen) atoms. The van der Waals surface area contributed by atoms with E-state index in [9.17, 15) is 9.59 Å². The normalized spacial score (nSPS) is 15.3. The summed E-state index contributed by atoms with van der Waals surface area (Å²) in [5, 5.41) is 11.0. The Hall–Kier alpha value is -3.09. The van der Waals surface area contributed by atoms with Gasteiger partial charge in [-0.3, -0.25) is 9.89 Å². The Kier molecular flexibility index (Phi) is 4.43. The fourth-order valence-electron chi connectivity index (χ4n) is 3.81. The van der Waals surface area contributed by atoms with Gasteiger partial charge in [0.25, 0.3) is 5.56 Å². The Bertz CT molecular complexity index is 1040. The van der Waals surface area contributed by atoms with Crippen LogP contribution in [0.4, 0.5) is 10.5 Å². The van der Waals surface area contributed by atoms with Crippen molar-refractivity contribution in [2.75, 3.05) is 18.4 Å². The Morgan fingerprint density at radius 3 is 2.67 bits per heavy atom. The van der Waals surface area contributed by atoms with Crippen LogP contribution in [0.3, 0.4) is 0 Å². The number of nitrogens with zero attached hydrogens (tertiary/aromatic N) is 3. The number of aromatic nitrogens is 3. The number of urea groups is 1. The van der Waals surface area contributed by atoms with E-state index < -0.39 is 0 Å². The maximum absolute atomic E-state index is 12.6. The number of nitrogens with one attached hydrogen (secondary N) is 2. The van der Waals surface area contributed by atoms with Crippen molar-refractivity contribution < 1.29 is 4.79 Å². The van der Waals surface area contributed by atoms with E-state index in [1.54, 1.807) is 23.7 Å². The summed E-state index contributed by atoms with van der Waals surface area (Å²) >= 11 is 0. The number of carbonyl (C=O) groups excluding carboxylic acids is 1. The molecule has 0 saturated carbocycles. The molecule has 0 atom stereocenters. The quantitative estimate of drug-likeness (QED) is 0.732. The van der Waals surface area contributed by atoms with Crippen LogP contribution in [-0.4, -0.2) is 38.8 Å². The van der Waals surface area contributed by atoms with Gasteiger partial charge >= 0.3 is 6.03 Å². The second kappa shape index (κ2) is 6.90. The number of piperidine rings is 1. The van der Waals surface area contributed by atoms with E-state index in [-0.39, 0.29) is 11.6 Å². The molecular formula is C20H23N5O2. The lowest BCUT2D eigenvalue weighted by Crippen LogP contribution is -2.40. The Morgan fingerprint density at radius 2 is 1.96 bits per heavy atom. The maximum Gasteiger partial charge on any atom is 0.321 e. The molecule has 1 aromatic carbocycles. The molecule has 2 aromatic heterocycles. The van der Waals surface area contributed by atoms with Crippen molar-refractivity contribution in [1.82, 2.24) is 19.7 Å². The molecule has 7 heteroatoms. The minimum absolute atomic E-state index is 0.0670. The maximum atomic E-state index is 12.6. The number of hydrogen-bond donors (Lipinski definition) is 2. The number of fused-ring (bicyclic) bond motifs is 1. The highest BCUT2D eigenvalue weighted by atomic mass is 16.2. The minimum Gasteiger partial charge on any atom is -0.324 e. The van der Waals surface area contributed by atoms with Crippen molar-refractivity contribution in [1.29, 1.82) is 0 Å². The first kappa shape index (κ1) is 17.3. The van der Waals surface area contributed by atoms with Gasteiger partial charge in [-0.15, -0.1) is 0 Å². The summed E-state index contributed by atoms with van der Waals surface area (Å²) in [5.41, 5.74) is 3.80. The van der Waals surface area contributed by atoms with Gasteiger partial charge in [0, 0.05) is 37.6 Å². The summed E-state index contributed by atoms with van der Waals surface area (Å²) in [4.78, 5) is 26.3. The van der Waals surface area contributed by atoms with Crippen LogP contribution in [0.2, 0.25) is 0 Å². The molecule has 0 unspecified atom stereocenters. The van der Waals surface area contributed by atoms with Gasteiger partial charge in [0.2, 0.25) is 0 Å². The van der Waals surface area contributed by atoms with Crippen LogP contribution < -0.4 is 10.9 Å². The Labute approximate surface area is 157 Å². The molecule has 140 valence electrons. The highest BCUT2D eigenvalue weighted by Gasteiger charge is 2.25. The monoisotopic (exact) mass is 365 g/mol. The second-order valence-corrected chi connectivity index (χ2v) is 7.15. The average molecular weight is 365 g/mol. The smallest absolute Gasteiger partial charge is 0.321 e. The minimum atomic E-state index is -0.0994. The number of aryl methyl sites for hydroxylation is 2. The van der Waals surface area contributed by atoms with E-state index in [1.807, 2.05) is 36.2 Å². The van der Waals surface area contributed by atoms with Crippen molar-refractivity contribution >= 4 is 22.6 Å². The van der Waals surface area contributed by atoms with Crippen LogP contribution in [0.15, 0.2) is 41.3 Å². The summed E-state index contributed by atoms with van der Waals surface area (Å²) in [6, 6.07) is 8.87. The fourth-order valence-corrected chi connectivity index (χ4v) is 3.81. The van der Waals surface area contributed by atoms with Crippen molar-refractivity contribution in [2.45, 2.75) is 25.7 Å². The Balaban J connectivity index is 1.44. The van der Waals surface area contributed by atoms with Gasteiger partial charge in [0.15, 0.2) is 0 Å². The number of pyridine rings is 1. The molecule has 0 aliphatic carbocycles. The third-order valence-electron chi connectivity index (χ3n) is 5.47. The van der Waals surface area contributed by atoms with Crippen LogP contribution in [0.1, 0.15) is 30.0 Å². The third-order valence-corrected chi connectivity index (χ3v) is 5.47. The van der Waals surface area contributed by atoms with Gasteiger partial charge in [-0.2, -0.15) is 5.10 Å². The fraction of sp³-hybridized carbons (Fsp3) is 0.350. The highest BCUT2D eigenvalue weighted by molar-refractivity contribution is 5.92. The highest BCUT2D eigenvalue weighted by Crippen LogP contribution is 2.29.